The zero-order valence-corrected chi connectivity index (χ0v) is 15.6. The molecular formula is C20H29NO4. The van der Waals surface area contributed by atoms with E-state index in [-0.39, 0.29) is 29.4 Å². The number of ether oxygens (including phenoxy) is 2. The molecule has 138 valence electrons. The zero-order valence-electron chi connectivity index (χ0n) is 15.6. The van der Waals surface area contributed by atoms with Gasteiger partial charge in [-0.3, -0.25) is 0 Å². The molecule has 2 heterocycles. The molecule has 25 heavy (non-hydrogen) atoms. The molecule has 1 aromatic rings. The van der Waals surface area contributed by atoms with E-state index >= 15 is 0 Å². The van der Waals surface area contributed by atoms with Gasteiger partial charge in [-0.25, -0.2) is 4.79 Å². The first-order chi connectivity index (χ1) is 12.0. The van der Waals surface area contributed by atoms with Crippen LogP contribution in [-0.2, 0) is 9.47 Å². The maximum atomic E-state index is 11.9. The summed E-state index contributed by atoms with van der Waals surface area (Å²) in [7, 11) is 0. The number of hydrogen-bond donors (Lipinski definition) is 1. The highest BCUT2D eigenvalue weighted by molar-refractivity contribution is 5.67. The SMILES string of the molecule is CCCNC(=O)OC[C@]12CO[C@H](c3ccco3)[C@@H](C(C)=C[C@@H]1C)[C@H]2C. The molecule has 0 radical (unpaired) electrons. The van der Waals surface area contributed by atoms with Gasteiger partial charge in [0.15, 0.2) is 0 Å². The number of carbonyl (C=O) groups is 1. The highest BCUT2D eigenvalue weighted by Gasteiger charge is 2.55. The number of furan rings is 1. The maximum absolute atomic E-state index is 11.9. The van der Waals surface area contributed by atoms with Crippen molar-refractivity contribution in [1.29, 1.82) is 0 Å². The second-order valence-electron chi connectivity index (χ2n) is 7.50. The molecule has 2 aliphatic rings. The van der Waals surface area contributed by atoms with E-state index in [0.717, 1.165) is 12.2 Å². The summed E-state index contributed by atoms with van der Waals surface area (Å²) in [5, 5.41) is 2.78. The van der Waals surface area contributed by atoms with Crippen LogP contribution in [0.3, 0.4) is 0 Å². The largest absolute Gasteiger partial charge is 0.467 e. The van der Waals surface area contributed by atoms with Crippen molar-refractivity contribution in [2.45, 2.75) is 40.2 Å². The third kappa shape index (κ3) is 3.22. The number of amides is 1. The molecule has 3 rings (SSSR count). The van der Waals surface area contributed by atoms with Crippen LogP contribution in [0.15, 0.2) is 34.5 Å². The smallest absolute Gasteiger partial charge is 0.407 e. The normalized spacial score (nSPS) is 34.3. The first-order valence-corrected chi connectivity index (χ1v) is 9.23. The lowest BCUT2D eigenvalue weighted by Gasteiger charge is -2.54. The number of fused-ring (bicyclic) bond motifs is 2. The molecule has 1 aliphatic carbocycles. The standard InChI is InChI=1S/C20H29NO4/c1-5-8-21-19(22)25-12-20-11-24-18(16-7-6-9-23-16)17(15(20)4)13(2)10-14(20)3/h6-7,9-10,14-15,17-18H,5,8,11-12H2,1-4H3,(H,21,22)/t14-,15+,17-,18+,20+/m0/s1. The summed E-state index contributed by atoms with van der Waals surface area (Å²) in [5.41, 5.74) is 1.13. The van der Waals surface area contributed by atoms with Crippen LogP contribution >= 0.6 is 0 Å². The van der Waals surface area contributed by atoms with E-state index in [1.807, 2.05) is 19.1 Å². The number of hydrogen-bond acceptors (Lipinski definition) is 4. The average molecular weight is 347 g/mol. The van der Waals surface area contributed by atoms with Crippen LogP contribution in [-0.4, -0.2) is 25.9 Å². The van der Waals surface area contributed by atoms with E-state index in [1.165, 1.54) is 5.57 Å². The molecule has 1 N–H and O–H groups in total. The summed E-state index contributed by atoms with van der Waals surface area (Å²) in [6.07, 6.45) is 4.49. The van der Waals surface area contributed by atoms with Crippen LogP contribution in [0.25, 0.3) is 0 Å². The minimum Gasteiger partial charge on any atom is -0.467 e. The van der Waals surface area contributed by atoms with Gasteiger partial charge in [-0.1, -0.05) is 32.4 Å². The Morgan fingerprint density at radius 1 is 1.44 bits per heavy atom. The molecule has 2 bridgehead atoms. The Morgan fingerprint density at radius 2 is 2.24 bits per heavy atom. The van der Waals surface area contributed by atoms with Crippen molar-refractivity contribution < 1.29 is 18.7 Å². The number of carbonyl (C=O) groups excluding carboxylic acids is 1. The van der Waals surface area contributed by atoms with Crippen LogP contribution in [0.5, 0.6) is 0 Å². The Kier molecular flexibility index (Phi) is 5.23. The van der Waals surface area contributed by atoms with Crippen molar-refractivity contribution in [3.05, 3.63) is 35.8 Å². The molecule has 1 amide bonds. The van der Waals surface area contributed by atoms with Crippen molar-refractivity contribution in [1.82, 2.24) is 5.32 Å². The van der Waals surface area contributed by atoms with E-state index in [9.17, 15) is 4.79 Å². The second kappa shape index (κ2) is 7.24. The molecule has 1 aliphatic heterocycles. The maximum Gasteiger partial charge on any atom is 0.407 e. The van der Waals surface area contributed by atoms with E-state index in [1.54, 1.807) is 6.26 Å². The van der Waals surface area contributed by atoms with E-state index in [4.69, 9.17) is 13.9 Å². The topological polar surface area (TPSA) is 60.7 Å². The first kappa shape index (κ1) is 18.1. The van der Waals surface area contributed by atoms with Crippen LogP contribution in [0.1, 0.15) is 46.0 Å². The number of allylic oxidation sites excluding steroid dienone is 1. The minimum atomic E-state index is -0.341. The monoisotopic (exact) mass is 347 g/mol. The highest BCUT2D eigenvalue weighted by Crippen LogP contribution is 2.56. The predicted octanol–water partition coefficient (Wildman–Crippen LogP) is 4.32. The van der Waals surface area contributed by atoms with E-state index in [2.05, 4.69) is 32.2 Å². The van der Waals surface area contributed by atoms with Crippen molar-refractivity contribution in [3.8, 4) is 0 Å². The van der Waals surface area contributed by atoms with Crippen molar-refractivity contribution >= 4 is 6.09 Å². The second-order valence-corrected chi connectivity index (χ2v) is 7.50. The summed E-state index contributed by atoms with van der Waals surface area (Å²) < 4.78 is 17.5. The van der Waals surface area contributed by atoms with Crippen molar-refractivity contribution in [3.63, 3.8) is 0 Å². The van der Waals surface area contributed by atoms with Gasteiger partial charge in [0, 0.05) is 17.9 Å². The average Bonchev–Trinajstić information content (AvgIpc) is 3.11. The highest BCUT2D eigenvalue weighted by atomic mass is 16.6. The molecule has 5 atom stereocenters. The Morgan fingerprint density at radius 3 is 2.92 bits per heavy atom. The fraction of sp³-hybridized carbons (Fsp3) is 0.650. The van der Waals surface area contributed by atoms with Gasteiger partial charge in [0.1, 0.15) is 18.5 Å². The third-order valence-corrected chi connectivity index (χ3v) is 6.06. The summed E-state index contributed by atoms with van der Waals surface area (Å²) in [4.78, 5) is 11.9. The summed E-state index contributed by atoms with van der Waals surface area (Å²) in [6, 6.07) is 3.88. The quantitative estimate of drug-likeness (QED) is 0.806. The first-order valence-electron chi connectivity index (χ1n) is 9.23. The molecular weight excluding hydrogens is 318 g/mol. The Bertz CT molecular complexity index is 624. The van der Waals surface area contributed by atoms with Gasteiger partial charge < -0.3 is 19.2 Å². The van der Waals surface area contributed by atoms with Gasteiger partial charge in [0.25, 0.3) is 0 Å². The number of nitrogens with one attached hydrogen (secondary N) is 1. The summed E-state index contributed by atoms with van der Waals surface area (Å²) in [5.74, 6) is 1.72. The van der Waals surface area contributed by atoms with Crippen LogP contribution < -0.4 is 5.32 Å². The molecule has 0 saturated carbocycles. The molecule has 5 heteroatoms. The van der Waals surface area contributed by atoms with Crippen molar-refractivity contribution in [2.75, 3.05) is 19.8 Å². The Labute approximate surface area is 149 Å². The fourth-order valence-electron chi connectivity index (χ4n) is 4.45. The molecule has 1 aromatic heterocycles. The molecule has 0 unspecified atom stereocenters. The fourth-order valence-corrected chi connectivity index (χ4v) is 4.45. The van der Waals surface area contributed by atoms with E-state index in [0.29, 0.717) is 25.7 Å². The van der Waals surface area contributed by atoms with Gasteiger partial charge >= 0.3 is 6.09 Å². The Balaban J connectivity index is 1.80. The zero-order chi connectivity index (χ0) is 18.0. The molecule has 0 aromatic carbocycles. The van der Waals surface area contributed by atoms with Gasteiger partial charge in [0.2, 0.25) is 0 Å². The lowest BCUT2D eigenvalue weighted by atomic mass is 9.56. The van der Waals surface area contributed by atoms with Gasteiger partial charge in [0.05, 0.1) is 12.9 Å². The Hall–Kier alpha value is -1.75. The van der Waals surface area contributed by atoms with Gasteiger partial charge in [-0.05, 0) is 37.3 Å². The van der Waals surface area contributed by atoms with Crippen LogP contribution in [0, 0.1) is 23.2 Å². The predicted molar refractivity (Wildman–Crippen MR) is 95.1 cm³/mol. The van der Waals surface area contributed by atoms with E-state index < -0.39 is 0 Å². The molecule has 0 spiro atoms. The van der Waals surface area contributed by atoms with Crippen LogP contribution in [0.4, 0.5) is 4.79 Å². The molecule has 1 fully saturated rings. The lowest BCUT2D eigenvalue weighted by Crippen LogP contribution is -2.54. The van der Waals surface area contributed by atoms with Crippen LogP contribution in [0.2, 0.25) is 0 Å². The summed E-state index contributed by atoms with van der Waals surface area (Å²) >= 11 is 0. The number of rotatable bonds is 5. The lowest BCUT2D eigenvalue weighted by molar-refractivity contribution is -0.170. The summed E-state index contributed by atoms with van der Waals surface area (Å²) in [6.45, 7) is 10.2. The van der Waals surface area contributed by atoms with Crippen molar-refractivity contribution in [2.24, 2.45) is 23.2 Å². The van der Waals surface area contributed by atoms with Gasteiger partial charge in [-0.15, -0.1) is 0 Å². The minimum absolute atomic E-state index is 0.0733. The molecule has 1 saturated heterocycles. The number of alkyl carbamates (subject to hydrolysis) is 1. The molecule has 5 nitrogen and oxygen atoms in total. The third-order valence-electron chi connectivity index (χ3n) is 6.06. The van der Waals surface area contributed by atoms with Gasteiger partial charge in [-0.2, -0.15) is 0 Å².